The number of nitrogens with one attached hydrogen (secondary N) is 2. The Morgan fingerprint density at radius 2 is 1.85 bits per heavy atom. The van der Waals surface area contributed by atoms with E-state index in [2.05, 4.69) is 15.2 Å². The zero-order valence-electron chi connectivity index (χ0n) is 15.2. The Kier molecular flexibility index (Phi) is 6.70. The summed E-state index contributed by atoms with van der Waals surface area (Å²) in [6, 6.07) is 6.30. The van der Waals surface area contributed by atoms with E-state index in [1.54, 1.807) is 26.0 Å². The summed E-state index contributed by atoms with van der Waals surface area (Å²) in [5, 5.41) is 5.95. The molecule has 0 saturated carbocycles. The quantitative estimate of drug-likeness (QED) is 0.631. The summed E-state index contributed by atoms with van der Waals surface area (Å²) < 4.78 is 36.3. The first kappa shape index (κ1) is 20.6. The third-order valence-corrected chi connectivity index (χ3v) is 5.10. The molecule has 2 rings (SSSR count). The molecule has 2 N–H and O–H groups in total. The fourth-order valence-corrected chi connectivity index (χ4v) is 3.12. The van der Waals surface area contributed by atoms with Gasteiger partial charge in [0.15, 0.2) is 0 Å². The van der Waals surface area contributed by atoms with E-state index in [-0.39, 0.29) is 18.0 Å². The van der Waals surface area contributed by atoms with Crippen LogP contribution in [0.25, 0.3) is 0 Å². The molecule has 2 aromatic rings. The van der Waals surface area contributed by atoms with E-state index in [0.29, 0.717) is 11.5 Å². The van der Waals surface area contributed by atoms with Crippen molar-refractivity contribution >= 4 is 21.9 Å². The molecule has 1 aromatic heterocycles. The van der Waals surface area contributed by atoms with Crippen LogP contribution in [0, 0.1) is 20.8 Å². The molecule has 146 valence electrons. The maximum absolute atomic E-state index is 12.2. The molecule has 1 amide bonds. The zero-order chi connectivity index (χ0) is 20.0. The fourth-order valence-electron chi connectivity index (χ4n) is 2.05. The molecule has 0 unspecified atom stereocenters. The second-order valence-electron chi connectivity index (χ2n) is 5.94. The van der Waals surface area contributed by atoms with Crippen LogP contribution in [0.2, 0.25) is 0 Å². The summed E-state index contributed by atoms with van der Waals surface area (Å²) in [5.74, 6) is -0.747. The minimum Gasteiger partial charge on any atom is -0.458 e. The topological polar surface area (TPSA) is 128 Å². The van der Waals surface area contributed by atoms with Gasteiger partial charge in [0.1, 0.15) is 24.6 Å². The van der Waals surface area contributed by atoms with Gasteiger partial charge in [0, 0.05) is 6.07 Å². The molecule has 0 radical (unpaired) electrons. The standard InChI is InChI=1S/C17H21N3O6S/c1-11-4-5-15(6-12(11)2)27(23,24)19-8-16(21)18-9-17(22)25-10-14-7-13(3)26-20-14/h4-7,19H,8-10H2,1-3H3,(H,18,21). The smallest absolute Gasteiger partial charge is 0.325 e. The van der Waals surface area contributed by atoms with Gasteiger partial charge in [-0.3, -0.25) is 9.59 Å². The maximum Gasteiger partial charge on any atom is 0.325 e. The Morgan fingerprint density at radius 1 is 1.11 bits per heavy atom. The van der Waals surface area contributed by atoms with E-state index in [9.17, 15) is 18.0 Å². The van der Waals surface area contributed by atoms with E-state index < -0.39 is 28.4 Å². The van der Waals surface area contributed by atoms with Crippen molar-refractivity contribution in [3.8, 4) is 0 Å². The van der Waals surface area contributed by atoms with Gasteiger partial charge in [-0.1, -0.05) is 11.2 Å². The Balaban J connectivity index is 1.76. The van der Waals surface area contributed by atoms with Crippen molar-refractivity contribution in [1.29, 1.82) is 0 Å². The molecule has 0 saturated heterocycles. The predicted octanol–water partition coefficient (Wildman–Crippen LogP) is 0.738. The average Bonchev–Trinajstić information content (AvgIpc) is 3.04. The molecule has 1 aromatic carbocycles. The monoisotopic (exact) mass is 395 g/mol. The number of hydrogen-bond donors (Lipinski definition) is 2. The number of aryl methyl sites for hydroxylation is 3. The molecule has 0 aliphatic heterocycles. The van der Waals surface area contributed by atoms with Gasteiger partial charge in [-0.05, 0) is 44.0 Å². The second kappa shape index (κ2) is 8.78. The van der Waals surface area contributed by atoms with Crippen molar-refractivity contribution < 1.29 is 27.3 Å². The largest absolute Gasteiger partial charge is 0.458 e. The van der Waals surface area contributed by atoms with Crippen molar-refractivity contribution in [1.82, 2.24) is 15.2 Å². The van der Waals surface area contributed by atoms with Gasteiger partial charge in [0.05, 0.1) is 11.4 Å². The van der Waals surface area contributed by atoms with Crippen LogP contribution in [0.5, 0.6) is 0 Å². The van der Waals surface area contributed by atoms with Crippen LogP contribution in [0.15, 0.2) is 33.7 Å². The van der Waals surface area contributed by atoms with Crippen molar-refractivity contribution in [3.63, 3.8) is 0 Å². The Labute approximate surface area is 157 Å². The molecular weight excluding hydrogens is 374 g/mol. The number of ether oxygens (including phenoxy) is 1. The molecule has 9 nitrogen and oxygen atoms in total. The normalized spacial score (nSPS) is 11.2. The highest BCUT2D eigenvalue weighted by molar-refractivity contribution is 7.89. The SMILES string of the molecule is Cc1cc(COC(=O)CNC(=O)CNS(=O)(=O)c2ccc(C)c(C)c2)no1. The minimum absolute atomic E-state index is 0.0701. The van der Waals surface area contributed by atoms with Gasteiger partial charge < -0.3 is 14.6 Å². The Morgan fingerprint density at radius 3 is 2.48 bits per heavy atom. The number of hydrogen-bond acceptors (Lipinski definition) is 7. The molecule has 0 bridgehead atoms. The van der Waals surface area contributed by atoms with E-state index >= 15 is 0 Å². The summed E-state index contributed by atoms with van der Waals surface area (Å²) in [4.78, 5) is 23.4. The summed E-state index contributed by atoms with van der Waals surface area (Å²) in [6.45, 7) is 4.41. The lowest BCUT2D eigenvalue weighted by Gasteiger charge is -2.09. The minimum atomic E-state index is -3.82. The number of esters is 1. The van der Waals surface area contributed by atoms with Gasteiger partial charge in [0.2, 0.25) is 15.9 Å². The average molecular weight is 395 g/mol. The van der Waals surface area contributed by atoms with E-state index in [0.717, 1.165) is 11.1 Å². The molecule has 0 aliphatic carbocycles. The zero-order valence-corrected chi connectivity index (χ0v) is 16.1. The van der Waals surface area contributed by atoms with Crippen LogP contribution in [-0.2, 0) is 31.0 Å². The van der Waals surface area contributed by atoms with E-state index in [1.165, 1.54) is 12.1 Å². The third kappa shape index (κ3) is 6.19. The van der Waals surface area contributed by atoms with Crippen molar-refractivity contribution in [2.24, 2.45) is 0 Å². The lowest BCUT2D eigenvalue weighted by molar-refractivity contribution is -0.145. The molecule has 1 heterocycles. The number of benzene rings is 1. The summed E-state index contributed by atoms with van der Waals surface area (Å²) >= 11 is 0. The number of rotatable bonds is 8. The van der Waals surface area contributed by atoms with Crippen molar-refractivity contribution in [2.45, 2.75) is 32.3 Å². The molecule has 0 fully saturated rings. The van der Waals surface area contributed by atoms with Crippen LogP contribution in [0.3, 0.4) is 0 Å². The Hall–Kier alpha value is -2.72. The predicted molar refractivity (Wildman–Crippen MR) is 95.2 cm³/mol. The first-order valence-corrected chi connectivity index (χ1v) is 9.57. The van der Waals surface area contributed by atoms with Crippen LogP contribution >= 0.6 is 0 Å². The summed E-state index contributed by atoms with van der Waals surface area (Å²) in [6.07, 6.45) is 0. The lowest BCUT2D eigenvalue weighted by atomic mass is 10.1. The van der Waals surface area contributed by atoms with Gasteiger partial charge in [-0.15, -0.1) is 0 Å². The number of amides is 1. The fraction of sp³-hybridized carbons (Fsp3) is 0.353. The van der Waals surface area contributed by atoms with Crippen LogP contribution in [0.4, 0.5) is 0 Å². The number of aromatic nitrogens is 1. The first-order chi connectivity index (χ1) is 12.7. The van der Waals surface area contributed by atoms with Gasteiger partial charge in [0.25, 0.3) is 0 Å². The van der Waals surface area contributed by atoms with Gasteiger partial charge >= 0.3 is 5.97 Å². The van der Waals surface area contributed by atoms with E-state index in [4.69, 9.17) is 9.26 Å². The third-order valence-electron chi connectivity index (χ3n) is 3.70. The number of carbonyl (C=O) groups is 2. The maximum atomic E-state index is 12.2. The van der Waals surface area contributed by atoms with Crippen molar-refractivity contribution in [2.75, 3.05) is 13.1 Å². The molecule has 10 heteroatoms. The number of nitrogens with zero attached hydrogens (tertiary/aromatic N) is 1. The summed E-state index contributed by atoms with van der Waals surface area (Å²) in [5.41, 5.74) is 2.24. The van der Waals surface area contributed by atoms with Crippen LogP contribution in [-0.4, -0.2) is 38.5 Å². The lowest BCUT2D eigenvalue weighted by Crippen LogP contribution is -2.39. The highest BCUT2D eigenvalue weighted by Gasteiger charge is 2.16. The molecule has 0 atom stereocenters. The highest BCUT2D eigenvalue weighted by atomic mass is 32.2. The highest BCUT2D eigenvalue weighted by Crippen LogP contribution is 2.14. The van der Waals surface area contributed by atoms with Crippen LogP contribution < -0.4 is 10.0 Å². The Bertz CT molecular complexity index is 936. The molecular formula is C17H21N3O6S. The molecule has 27 heavy (non-hydrogen) atoms. The first-order valence-electron chi connectivity index (χ1n) is 8.09. The second-order valence-corrected chi connectivity index (χ2v) is 7.70. The van der Waals surface area contributed by atoms with Gasteiger partial charge in [-0.25, -0.2) is 13.1 Å². The van der Waals surface area contributed by atoms with Gasteiger partial charge in [-0.2, -0.15) is 0 Å². The van der Waals surface area contributed by atoms with E-state index in [1.807, 2.05) is 6.92 Å². The van der Waals surface area contributed by atoms with Crippen LogP contribution in [0.1, 0.15) is 22.6 Å². The number of sulfonamides is 1. The number of carbonyl (C=O) groups excluding carboxylic acids is 2. The summed E-state index contributed by atoms with van der Waals surface area (Å²) in [7, 11) is -3.82. The van der Waals surface area contributed by atoms with Crippen molar-refractivity contribution in [3.05, 3.63) is 46.8 Å². The molecule has 0 spiro atoms. The molecule has 0 aliphatic rings.